The number of hydrogen-bond donors (Lipinski definition) is 1. The van der Waals surface area contributed by atoms with Crippen LogP contribution in [0.5, 0.6) is 0 Å². The summed E-state index contributed by atoms with van der Waals surface area (Å²) in [5.74, 6) is 0.291. The van der Waals surface area contributed by atoms with E-state index in [1.165, 1.54) is 11.3 Å². The number of aryl methyl sites for hydroxylation is 1. The molecular weight excluding hydrogens is 420 g/mol. The summed E-state index contributed by atoms with van der Waals surface area (Å²) in [7, 11) is 1.71. The Morgan fingerprint density at radius 3 is 2.62 bits per heavy atom. The molecule has 0 radical (unpaired) electrons. The van der Waals surface area contributed by atoms with Gasteiger partial charge in [-0.05, 0) is 30.5 Å². The highest BCUT2D eigenvalue weighted by Gasteiger charge is 2.19. The number of pyridine rings is 1. The van der Waals surface area contributed by atoms with Crippen LogP contribution < -0.4 is 5.56 Å². The lowest BCUT2D eigenvalue weighted by Gasteiger charge is -2.18. The second-order valence-corrected chi connectivity index (χ2v) is 8.66. The van der Waals surface area contributed by atoms with Crippen molar-refractivity contribution in [3.05, 3.63) is 93.3 Å². The van der Waals surface area contributed by atoms with Crippen molar-refractivity contribution in [3.63, 3.8) is 0 Å². The summed E-state index contributed by atoms with van der Waals surface area (Å²) >= 11 is 1.35. The normalized spacial score (nSPS) is 11.2. The van der Waals surface area contributed by atoms with E-state index in [-0.39, 0.29) is 18.0 Å². The zero-order chi connectivity index (χ0) is 22.2. The number of nitrogens with zero attached hydrogens (tertiary/aromatic N) is 3. The number of benzene rings is 2. The van der Waals surface area contributed by atoms with E-state index in [9.17, 15) is 9.59 Å². The van der Waals surface area contributed by atoms with Gasteiger partial charge in [0.25, 0.3) is 11.5 Å². The lowest BCUT2D eigenvalue weighted by Crippen LogP contribution is -2.28. The molecule has 5 aromatic rings. The number of para-hydroxylation sites is 1. The molecule has 0 atom stereocenters. The molecule has 1 N–H and O–H groups in total. The number of fused-ring (bicyclic) bond motifs is 2. The Balaban J connectivity index is 1.54. The topological polar surface area (TPSA) is 79.0 Å². The van der Waals surface area contributed by atoms with Gasteiger partial charge in [-0.1, -0.05) is 48.0 Å². The van der Waals surface area contributed by atoms with Crippen molar-refractivity contribution < 1.29 is 4.79 Å². The molecule has 5 rings (SSSR count). The van der Waals surface area contributed by atoms with E-state index in [1.54, 1.807) is 11.9 Å². The molecule has 0 saturated heterocycles. The molecule has 0 unspecified atom stereocenters. The third-order valence-corrected chi connectivity index (χ3v) is 6.29. The van der Waals surface area contributed by atoms with Gasteiger partial charge in [0.05, 0.1) is 28.8 Å². The molecular formula is C25H20N4O2S. The average molecular weight is 441 g/mol. The Kier molecular flexibility index (Phi) is 5.03. The number of carbonyl (C=O) groups excluding carboxylic acids is 1. The Labute approximate surface area is 188 Å². The Morgan fingerprint density at radius 1 is 1.03 bits per heavy atom. The Bertz CT molecular complexity index is 1520. The largest absolute Gasteiger partial charge is 0.334 e. The summed E-state index contributed by atoms with van der Waals surface area (Å²) in [5, 5.41) is 2.62. The molecule has 0 saturated carbocycles. The maximum atomic E-state index is 13.5. The molecule has 0 aliphatic rings. The first-order valence-electron chi connectivity index (χ1n) is 10.2. The van der Waals surface area contributed by atoms with Crippen LogP contribution in [0.1, 0.15) is 21.7 Å². The van der Waals surface area contributed by atoms with Gasteiger partial charge in [-0.2, -0.15) is 0 Å². The lowest BCUT2D eigenvalue weighted by atomic mass is 10.0. The van der Waals surface area contributed by atoms with E-state index in [1.807, 2.05) is 73.0 Å². The molecule has 3 heterocycles. The molecule has 6 nitrogen and oxygen atoms in total. The van der Waals surface area contributed by atoms with Crippen LogP contribution in [0.25, 0.3) is 32.4 Å². The van der Waals surface area contributed by atoms with Crippen LogP contribution in [0.4, 0.5) is 0 Å². The molecule has 32 heavy (non-hydrogen) atoms. The minimum absolute atomic E-state index is 0.162. The summed E-state index contributed by atoms with van der Waals surface area (Å²) in [4.78, 5) is 39.4. The first kappa shape index (κ1) is 20.1. The number of H-pyrrole nitrogens is 1. The van der Waals surface area contributed by atoms with Gasteiger partial charge < -0.3 is 9.88 Å². The first-order chi connectivity index (χ1) is 15.5. The fourth-order valence-electron chi connectivity index (χ4n) is 3.72. The molecule has 158 valence electrons. The summed E-state index contributed by atoms with van der Waals surface area (Å²) < 4.78 is 0.589. The minimum atomic E-state index is -0.183. The summed E-state index contributed by atoms with van der Waals surface area (Å²) in [5.41, 5.74) is 4.64. The van der Waals surface area contributed by atoms with E-state index < -0.39 is 0 Å². The van der Waals surface area contributed by atoms with Crippen LogP contribution in [0.2, 0.25) is 0 Å². The average Bonchev–Trinajstić information content (AvgIpc) is 3.27. The lowest BCUT2D eigenvalue weighted by molar-refractivity contribution is 0.0783. The van der Waals surface area contributed by atoms with E-state index in [2.05, 4.69) is 9.97 Å². The second kappa shape index (κ2) is 8.01. The van der Waals surface area contributed by atoms with Crippen LogP contribution in [0.15, 0.2) is 70.8 Å². The van der Waals surface area contributed by atoms with E-state index in [4.69, 9.17) is 4.98 Å². The highest BCUT2D eigenvalue weighted by atomic mass is 32.1. The minimum Gasteiger partial charge on any atom is -0.334 e. The predicted octanol–water partition coefficient (Wildman–Crippen LogP) is 4.78. The third kappa shape index (κ3) is 3.67. The van der Waals surface area contributed by atoms with Crippen molar-refractivity contribution in [2.75, 3.05) is 7.05 Å². The van der Waals surface area contributed by atoms with Crippen molar-refractivity contribution >= 4 is 38.4 Å². The number of nitrogens with one attached hydrogen (secondary N) is 1. The molecule has 0 aliphatic carbocycles. The summed E-state index contributed by atoms with van der Waals surface area (Å²) in [6, 6.07) is 19.4. The van der Waals surface area contributed by atoms with E-state index in [0.717, 1.165) is 27.7 Å². The fourth-order valence-corrected chi connectivity index (χ4v) is 4.45. The quantitative estimate of drug-likeness (QED) is 0.436. The van der Waals surface area contributed by atoms with Crippen molar-refractivity contribution in [1.29, 1.82) is 0 Å². The van der Waals surface area contributed by atoms with Crippen molar-refractivity contribution in [2.24, 2.45) is 0 Å². The van der Waals surface area contributed by atoms with Crippen molar-refractivity contribution in [3.8, 4) is 11.3 Å². The SMILES string of the molecule is Cc1ccc(-c2cc(C(=O)N(C)Cc3nc4ccsc4c(=O)[nH]3)c3ccccc3n2)cc1. The van der Waals surface area contributed by atoms with Gasteiger partial charge in [0.1, 0.15) is 10.5 Å². The second-order valence-electron chi connectivity index (χ2n) is 7.75. The first-order valence-corrected chi connectivity index (χ1v) is 11.1. The summed E-state index contributed by atoms with van der Waals surface area (Å²) in [6.45, 7) is 2.23. The third-order valence-electron chi connectivity index (χ3n) is 5.39. The highest BCUT2D eigenvalue weighted by molar-refractivity contribution is 7.17. The molecule has 0 spiro atoms. The number of rotatable bonds is 4. The van der Waals surface area contributed by atoms with Crippen LogP contribution in [-0.4, -0.2) is 32.8 Å². The van der Waals surface area contributed by atoms with E-state index >= 15 is 0 Å². The number of aromatic amines is 1. The fraction of sp³-hybridized carbons (Fsp3) is 0.120. The monoisotopic (exact) mass is 440 g/mol. The molecule has 3 aromatic heterocycles. The van der Waals surface area contributed by atoms with Crippen LogP contribution >= 0.6 is 11.3 Å². The highest BCUT2D eigenvalue weighted by Crippen LogP contribution is 2.26. The maximum Gasteiger partial charge on any atom is 0.268 e. The number of hydrogen-bond acceptors (Lipinski definition) is 5. The number of aromatic nitrogens is 3. The predicted molar refractivity (Wildman–Crippen MR) is 128 cm³/mol. The van der Waals surface area contributed by atoms with Gasteiger partial charge in [0, 0.05) is 18.0 Å². The Morgan fingerprint density at radius 2 is 1.81 bits per heavy atom. The standard InChI is InChI=1S/C25H20N4O2S/c1-15-7-9-16(10-8-15)21-13-18(17-5-3-4-6-19(17)26-21)25(31)29(2)14-22-27-20-11-12-32-23(20)24(30)28-22/h3-13H,14H2,1-2H3,(H,27,28,30). The number of carbonyl (C=O) groups is 1. The maximum absolute atomic E-state index is 13.5. The van der Waals surface area contributed by atoms with Crippen molar-refractivity contribution in [1.82, 2.24) is 19.9 Å². The van der Waals surface area contributed by atoms with Gasteiger partial charge in [-0.25, -0.2) is 9.97 Å². The number of amides is 1. The zero-order valence-electron chi connectivity index (χ0n) is 17.6. The zero-order valence-corrected chi connectivity index (χ0v) is 18.4. The van der Waals surface area contributed by atoms with E-state index in [0.29, 0.717) is 21.6 Å². The smallest absolute Gasteiger partial charge is 0.268 e. The molecule has 7 heteroatoms. The van der Waals surface area contributed by atoms with Crippen LogP contribution in [0, 0.1) is 6.92 Å². The molecule has 0 aliphatic heterocycles. The van der Waals surface area contributed by atoms with Gasteiger partial charge in [-0.3, -0.25) is 9.59 Å². The molecule has 0 fully saturated rings. The van der Waals surface area contributed by atoms with Gasteiger partial charge in [0.2, 0.25) is 0 Å². The molecule has 0 bridgehead atoms. The van der Waals surface area contributed by atoms with Crippen molar-refractivity contribution in [2.45, 2.75) is 13.5 Å². The van der Waals surface area contributed by atoms with Crippen LogP contribution in [-0.2, 0) is 6.54 Å². The van der Waals surface area contributed by atoms with Gasteiger partial charge in [0.15, 0.2) is 0 Å². The van der Waals surface area contributed by atoms with Crippen LogP contribution in [0.3, 0.4) is 0 Å². The Hall–Kier alpha value is -3.84. The number of thiophene rings is 1. The summed E-state index contributed by atoms with van der Waals surface area (Å²) in [6.07, 6.45) is 0. The van der Waals surface area contributed by atoms with Gasteiger partial charge in [-0.15, -0.1) is 11.3 Å². The molecule has 2 aromatic carbocycles. The molecule has 1 amide bonds. The van der Waals surface area contributed by atoms with Gasteiger partial charge >= 0.3 is 0 Å².